The highest BCUT2D eigenvalue weighted by molar-refractivity contribution is 14.1. The zero-order chi connectivity index (χ0) is 27.7. The van der Waals surface area contributed by atoms with Gasteiger partial charge in [-0.3, -0.25) is 0 Å². The van der Waals surface area contributed by atoms with Gasteiger partial charge in [-0.25, -0.2) is 4.79 Å². The lowest BCUT2D eigenvalue weighted by atomic mass is 9.96. The van der Waals surface area contributed by atoms with Crippen LogP contribution < -0.4 is 9.47 Å². The van der Waals surface area contributed by atoms with Gasteiger partial charge in [0.05, 0.1) is 24.9 Å². The Labute approximate surface area is 249 Å². The molecule has 6 heteroatoms. The second kappa shape index (κ2) is 18.5. The van der Waals surface area contributed by atoms with E-state index in [9.17, 15) is 4.79 Å². The molecule has 2 aromatic rings. The molecule has 0 saturated carbocycles. The van der Waals surface area contributed by atoms with E-state index in [1.807, 2.05) is 24.3 Å². The highest BCUT2D eigenvalue weighted by Gasteiger charge is 2.34. The van der Waals surface area contributed by atoms with Crippen LogP contribution in [-0.4, -0.2) is 35.8 Å². The van der Waals surface area contributed by atoms with E-state index in [1.54, 1.807) is 12.1 Å². The molecule has 1 saturated heterocycles. The third-order valence-electron chi connectivity index (χ3n) is 7.25. The maximum atomic E-state index is 12.9. The van der Waals surface area contributed by atoms with Gasteiger partial charge in [0.2, 0.25) is 0 Å². The Morgan fingerprint density at radius 1 is 0.769 bits per heavy atom. The quantitative estimate of drug-likeness (QED) is 0.0697. The minimum atomic E-state index is -0.306. The molecule has 39 heavy (non-hydrogen) atoms. The second-order valence-electron chi connectivity index (χ2n) is 10.5. The van der Waals surface area contributed by atoms with Crippen molar-refractivity contribution in [3.05, 3.63) is 59.7 Å². The lowest BCUT2D eigenvalue weighted by Crippen LogP contribution is -2.40. The lowest BCUT2D eigenvalue weighted by Gasteiger charge is -2.35. The molecule has 0 bridgehead atoms. The van der Waals surface area contributed by atoms with Gasteiger partial charge in [0.25, 0.3) is 0 Å². The summed E-state index contributed by atoms with van der Waals surface area (Å²) in [5.41, 5.74) is 1.69. The van der Waals surface area contributed by atoms with Crippen LogP contribution in [0.2, 0.25) is 0 Å². The second-order valence-corrected chi connectivity index (χ2v) is 11.3. The predicted octanol–water partition coefficient (Wildman–Crippen LogP) is 9.27. The van der Waals surface area contributed by atoms with Crippen molar-refractivity contribution < 1.29 is 23.7 Å². The van der Waals surface area contributed by atoms with Crippen LogP contribution in [0.15, 0.2) is 48.5 Å². The van der Waals surface area contributed by atoms with Crippen LogP contribution >= 0.6 is 22.6 Å². The molecule has 3 rings (SSSR count). The SMILES string of the molecule is CCCCCCCCOc1ccc(C(=O)O[C@H]2CC[C@H](c3ccc(OCCCCCC)cc3)O[C@@H]2CI)cc1. The zero-order valence-electron chi connectivity index (χ0n) is 23.9. The van der Waals surface area contributed by atoms with E-state index >= 15 is 0 Å². The molecule has 0 spiro atoms. The number of carbonyl (C=O) groups is 1. The molecule has 0 aromatic heterocycles. The van der Waals surface area contributed by atoms with E-state index in [-0.39, 0.29) is 24.3 Å². The van der Waals surface area contributed by atoms with E-state index in [0.717, 1.165) is 53.8 Å². The molecule has 0 unspecified atom stereocenters. The van der Waals surface area contributed by atoms with E-state index in [2.05, 4.69) is 48.6 Å². The molecule has 0 amide bonds. The first-order valence-corrected chi connectivity index (χ1v) is 16.5. The average Bonchev–Trinajstić information content (AvgIpc) is 2.97. The summed E-state index contributed by atoms with van der Waals surface area (Å²) in [4.78, 5) is 12.9. The number of benzene rings is 2. The molecule has 0 radical (unpaired) electrons. The predicted molar refractivity (Wildman–Crippen MR) is 166 cm³/mol. The van der Waals surface area contributed by atoms with Crippen LogP contribution in [0.4, 0.5) is 0 Å². The van der Waals surface area contributed by atoms with Crippen molar-refractivity contribution in [2.45, 2.75) is 109 Å². The minimum absolute atomic E-state index is 0.00130. The third-order valence-corrected chi connectivity index (χ3v) is 8.12. The van der Waals surface area contributed by atoms with E-state index in [0.29, 0.717) is 12.2 Å². The van der Waals surface area contributed by atoms with Gasteiger partial charge in [0.15, 0.2) is 0 Å². The number of unbranched alkanes of at least 4 members (excludes halogenated alkanes) is 8. The number of alkyl halides is 1. The number of ether oxygens (including phenoxy) is 4. The van der Waals surface area contributed by atoms with Crippen LogP contribution in [0.25, 0.3) is 0 Å². The molecule has 5 nitrogen and oxygen atoms in total. The Kier molecular flexibility index (Phi) is 15.1. The van der Waals surface area contributed by atoms with Crippen LogP contribution in [-0.2, 0) is 9.47 Å². The molecule has 216 valence electrons. The normalized spacial score (nSPS) is 19.0. The summed E-state index contributed by atoms with van der Waals surface area (Å²) in [6.07, 6.45) is 13.4. The van der Waals surface area contributed by atoms with Crippen molar-refractivity contribution in [3.8, 4) is 11.5 Å². The van der Waals surface area contributed by atoms with Crippen molar-refractivity contribution >= 4 is 28.6 Å². The fourth-order valence-electron chi connectivity index (χ4n) is 4.85. The molecular weight excluding hydrogens is 603 g/mol. The van der Waals surface area contributed by atoms with Gasteiger partial charge in [-0.2, -0.15) is 0 Å². The molecule has 0 N–H and O–H groups in total. The Morgan fingerprint density at radius 3 is 1.90 bits per heavy atom. The molecule has 0 aliphatic carbocycles. The summed E-state index contributed by atoms with van der Waals surface area (Å²) in [6.45, 7) is 5.92. The lowest BCUT2D eigenvalue weighted by molar-refractivity contribution is -0.112. The number of rotatable bonds is 18. The monoisotopic (exact) mass is 650 g/mol. The standard InChI is InChI=1S/C33H47IO5/c1-3-5-7-9-10-12-24-37-29-19-15-27(16-20-29)33(35)39-31-22-21-30(38-32(31)25-34)26-13-17-28(18-14-26)36-23-11-8-6-4-2/h13-20,30-32H,3-12,21-25H2,1-2H3/t30-,31+,32-/m1/s1. The van der Waals surface area contributed by atoms with Gasteiger partial charge in [-0.05, 0) is 67.6 Å². The first kappa shape index (κ1) is 31.7. The third kappa shape index (κ3) is 11.3. The Morgan fingerprint density at radius 2 is 1.31 bits per heavy atom. The number of esters is 1. The topological polar surface area (TPSA) is 54.0 Å². The molecule has 1 aliphatic heterocycles. The highest BCUT2D eigenvalue weighted by Crippen LogP contribution is 2.34. The summed E-state index contributed by atoms with van der Waals surface area (Å²) in [5.74, 6) is 1.39. The first-order valence-electron chi connectivity index (χ1n) is 15.0. The van der Waals surface area contributed by atoms with Crippen LogP contribution in [0.1, 0.15) is 113 Å². The van der Waals surface area contributed by atoms with Crippen molar-refractivity contribution in [2.24, 2.45) is 0 Å². The van der Waals surface area contributed by atoms with Gasteiger partial charge >= 0.3 is 5.97 Å². The fraction of sp³-hybridized carbons (Fsp3) is 0.606. The number of hydrogen-bond donors (Lipinski definition) is 0. The Hall–Kier alpha value is -1.80. The van der Waals surface area contributed by atoms with Crippen LogP contribution in [0, 0.1) is 0 Å². The molecular formula is C33H47IO5. The number of carbonyl (C=O) groups excluding carboxylic acids is 1. The molecule has 1 fully saturated rings. The van der Waals surface area contributed by atoms with Crippen molar-refractivity contribution in [2.75, 3.05) is 17.6 Å². The van der Waals surface area contributed by atoms with E-state index in [4.69, 9.17) is 18.9 Å². The van der Waals surface area contributed by atoms with E-state index < -0.39 is 0 Å². The summed E-state index contributed by atoms with van der Waals surface area (Å²) >= 11 is 2.32. The maximum Gasteiger partial charge on any atom is 0.338 e. The van der Waals surface area contributed by atoms with E-state index in [1.165, 1.54) is 51.4 Å². The first-order chi connectivity index (χ1) is 19.1. The van der Waals surface area contributed by atoms with Gasteiger partial charge in [0, 0.05) is 4.43 Å². The Balaban J connectivity index is 1.41. The van der Waals surface area contributed by atoms with Crippen molar-refractivity contribution in [1.29, 1.82) is 0 Å². The minimum Gasteiger partial charge on any atom is -0.494 e. The molecule has 2 aromatic carbocycles. The molecule has 3 atom stereocenters. The number of hydrogen-bond acceptors (Lipinski definition) is 5. The largest absolute Gasteiger partial charge is 0.494 e. The molecule has 1 aliphatic rings. The fourth-order valence-corrected chi connectivity index (χ4v) is 5.62. The Bertz CT molecular complexity index is 930. The van der Waals surface area contributed by atoms with Crippen LogP contribution in [0.3, 0.4) is 0 Å². The van der Waals surface area contributed by atoms with Gasteiger partial charge in [-0.15, -0.1) is 0 Å². The summed E-state index contributed by atoms with van der Waals surface area (Å²) in [6, 6.07) is 15.5. The summed E-state index contributed by atoms with van der Waals surface area (Å²) in [5, 5.41) is 0. The van der Waals surface area contributed by atoms with Gasteiger partial charge < -0.3 is 18.9 Å². The average molecular weight is 651 g/mol. The van der Waals surface area contributed by atoms with Crippen LogP contribution in [0.5, 0.6) is 11.5 Å². The number of halogens is 1. The zero-order valence-corrected chi connectivity index (χ0v) is 26.0. The van der Waals surface area contributed by atoms with Crippen molar-refractivity contribution in [1.82, 2.24) is 0 Å². The van der Waals surface area contributed by atoms with Crippen molar-refractivity contribution in [3.63, 3.8) is 0 Å². The highest BCUT2D eigenvalue weighted by atomic mass is 127. The van der Waals surface area contributed by atoms with Gasteiger partial charge in [-0.1, -0.05) is 99.9 Å². The smallest absolute Gasteiger partial charge is 0.338 e. The molecule has 1 heterocycles. The maximum absolute atomic E-state index is 12.9. The summed E-state index contributed by atoms with van der Waals surface area (Å²) < 4.78 is 24.8. The summed E-state index contributed by atoms with van der Waals surface area (Å²) in [7, 11) is 0. The van der Waals surface area contributed by atoms with Gasteiger partial charge in [0.1, 0.15) is 23.7 Å².